The van der Waals surface area contributed by atoms with Crippen LogP contribution in [0.4, 0.5) is 0 Å². The molecule has 3 fully saturated rings. The first-order chi connectivity index (χ1) is 24.7. The second-order valence-corrected chi connectivity index (χ2v) is 16.3. The third-order valence-electron chi connectivity index (χ3n) is 10.5. The van der Waals surface area contributed by atoms with Crippen molar-refractivity contribution in [1.82, 2.24) is 20.9 Å². The van der Waals surface area contributed by atoms with E-state index in [1.807, 2.05) is 27.7 Å². The second-order valence-electron chi connectivity index (χ2n) is 15.9. The second kappa shape index (κ2) is 16.4. The lowest BCUT2D eigenvalue weighted by atomic mass is 9.84. The van der Waals surface area contributed by atoms with Crippen LogP contribution in [0.3, 0.4) is 0 Å². The van der Waals surface area contributed by atoms with E-state index in [0.29, 0.717) is 40.6 Å². The maximum atomic E-state index is 14.7. The molecule has 1 saturated heterocycles. The summed E-state index contributed by atoms with van der Waals surface area (Å²) in [6.07, 6.45) is 8.32. The van der Waals surface area contributed by atoms with Crippen LogP contribution in [0.1, 0.15) is 110 Å². The molecule has 4 amide bonds. The van der Waals surface area contributed by atoms with Gasteiger partial charge >= 0.3 is 0 Å². The number of rotatable bonds is 14. The third kappa shape index (κ3) is 9.19. The van der Waals surface area contributed by atoms with E-state index in [9.17, 15) is 24.0 Å². The summed E-state index contributed by atoms with van der Waals surface area (Å²) in [6.45, 7) is 7.46. The molecule has 0 radical (unpaired) electrons. The highest BCUT2D eigenvalue weighted by Crippen LogP contribution is 2.43. The number of methoxy groups -OCH3 is 2. The standard InChI is InChI=1S/C38H54ClN5O8/c1-7-11-26(31(46)35(48)40-24-14-15-24)41-34(47)28-20-38(19-27(43-52-38)25-17-23(39)18-29(50-5)32(25)51-6)21-44(28)36(49)33(37(2,3)4)42-30(45)16-22-12-9-8-10-13-22/h17-18,22,24,26,28,33H,7-16,19-21H2,1-6H3,(H,40,48)(H,41,47)(H,42,45)/t26-,28-,33+,38+/m0/s1. The summed E-state index contributed by atoms with van der Waals surface area (Å²) < 4.78 is 11.1. The summed E-state index contributed by atoms with van der Waals surface area (Å²) in [7, 11) is 3.01. The highest BCUT2D eigenvalue weighted by molar-refractivity contribution is 6.38. The zero-order chi connectivity index (χ0) is 37.8. The number of likely N-dealkylation sites (tertiary alicyclic amines) is 1. The van der Waals surface area contributed by atoms with Crippen LogP contribution in [-0.2, 0) is 28.8 Å². The average Bonchev–Trinajstić information content (AvgIpc) is 3.70. The van der Waals surface area contributed by atoms with Gasteiger partial charge < -0.3 is 35.2 Å². The predicted molar refractivity (Wildman–Crippen MR) is 195 cm³/mol. The molecule has 2 aliphatic carbocycles. The van der Waals surface area contributed by atoms with Crippen molar-refractivity contribution in [3.8, 4) is 11.5 Å². The van der Waals surface area contributed by atoms with E-state index in [0.717, 1.165) is 38.5 Å². The van der Waals surface area contributed by atoms with Crippen molar-refractivity contribution in [2.24, 2.45) is 16.5 Å². The van der Waals surface area contributed by atoms with Gasteiger partial charge in [-0.05, 0) is 49.5 Å². The number of amides is 4. The van der Waals surface area contributed by atoms with Gasteiger partial charge in [0.2, 0.25) is 23.5 Å². The van der Waals surface area contributed by atoms with Gasteiger partial charge in [0.15, 0.2) is 17.1 Å². The van der Waals surface area contributed by atoms with Crippen molar-refractivity contribution in [2.75, 3.05) is 20.8 Å². The van der Waals surface area contributed by atoms with Gasteiger partial charge in [-0.15, -0.1) is 0 Å². The number of nitrogens with one attached hydrogen (secondary N) is 3. The van der Waals surface area contributed by atoms with Crippen LogP contribution in [-0.4, -0.2) is 90.6 Å². The minimum Gasteiger partial charge on any atom is -0.493 e. The minimum absolute atomic E-state index is 0.0173. The molecule has 1 spiro atoms. The molecule has 286 valence electrons. The molecule has 0 aromatic heterocycles. The Bertz CT molecular complexity index is 1570. The number of carbonyl (C=O) groups is 5. The average molecular weight is 744 g/mol. The van der Waals surface area contributed by atoms with Gasteiger partial charge in [0.25, 0.3) is 5.91 Å². The quantitative estimate of drug-likeness (QED) is 0.235. The highest BCUT2D eigenvalue weighted by Gasteiger charge is 2.56. The first kappa shape index (κ1) is 39.3. The Morgan fingerprint density at radius 1 is 1.04 bits per heavy atom. The number of hydrogen-bond donors (Lipinski definition) is 3. The number of oxime groups is 1. The zero-order valence-corrected chi connectivity index (χ0v) is 32.0. The first-order valence-electron chi connectivity index (χ1n) is 18.6. The summed E-state index contributed by atoms with van der Waals surface area (Å²) in [6, 6.07) is 0.185. The Labute approximate surface area is 311 Å². The summed E-state index contributed by atoms with van der Waals surface area (Å²) in [5.41, 5.74) is -0.779. The molecular formula is C38H54ClN5O8. The number of hydrogen-bond acceptors (Lipinski definition) is 9. The Morgan fingerprint density at radius 2 is 1.75 bits per heavy atom. The van der Waals surface area contributed by atoms with Crippen LogP contribution in [0.2, 0.25) is 5.02 Å². The maximum Gasteiger partial charge on any atom is 0.289 e. The van der Waals surface area contributed by atoms with E-state index in [1.54, 1.807) is 12.1 Å². The van der Waals surface area contributed by atoms with Gasteiger partial charge in [-0.2, -0.15) is 0 Å². The van der Waals surface area contributed by atoms with Crippen LogP contribution in [0.25, 0.3) is 0 Å². The number of benzene rings is 1. The summed E-state index contributed by atoms with van der Waals surface area (Å²) in [4.78, 5) is 75.9. The molecule has 14 heteroatoms. The number of Topliss-reactive ketones (excluding diaryl/α,β-unsaturated/α-hetero) is 1. The lowest BCUT2D eigenvalue weighted by Crippen LogP contribution is -2.59. The molecule has 0 unspecified atom stereocenters. The number of halogens is 1. The van der Waals surface area contributed by atoms with Crippen molar-refractivity contribution >= 4 is 46.7 Å². The molecule has 5 rings (SSSR count). The molecule has 3 N–H and O–H groups in total. The zero-order valence-electron chi connectivity index (χ0n) is 31.3. The number of ether oxygens (including phenoxy) is 2. The topological polar surface area (TPSA) is 165 Å². The molecular weight excluding hydrogens is 690 g/mol. The van der Waals surface area contributed by atoms with E-state index < -0.39 is 52.6 Å². The van der Waals surface area contributed by atoms with Crippen LogP contribution >= 0.6 is 11.6 Å². The summed E-state index contributed by atoms with van der Waals surface area (Å²) in [5, 5.41) is 13.3. The lowest BCUT2D eigenvalue weighted by Gasteiger charge is -2.36. The van der Waals surface area contributed by atoms with E-state index in [1.165, 1.54) is 25.5 Å². The van der Waals surface area contributed by atoms with E-state index in [-0.39, 0.29) is 43.7 Å². The van der Waals surface area contributed by atoms with Crippen molar-refractivity contribution < 1.29 is 38.3 Å². The molecule has 0 bridgehead atoms. The maximum absolute atomic E-state index is 14.7. The van der Waals surface area contributed by atoms with Gasteiger partial charge in [-0.25, -0.2) is 0 Å². The SMILES string of the molecule is CCC[C@H](NC(=O)[C@@H]1C[C@]2(CC(c3cc(Cl)cc(OC)c3OC)=NO2)CN1C(=O)[C@@H](NC(=O)CC1CCCCC1)C(C)(C)C)C(=O)C(=O)NC1CC1. The van der Waals surface area contributed by atoms with Gasteiger partial charge in [-0.1, -0.05) is 70.1 Å². The van der Waals surface area contributed by atoms with Crippen LogP contribution in [0.5, 0.6) is 11.5 Å². The van der Waals surface area contributed by atoms with Gasteiger partial charge in [0.1, 0.15) is 12.1 Å². The smallest absolute Gasteiger partial charge is 0.289 e. The molecule has 1 aromatic rings. The Kier molecular flexibility index (Phi) is 12.4. The minimum atomic E-state index is -1.12. The molecule has 2 aliphatic heterocycles. The molecule has 13 nitrogen and oxygen atoms in total. The van der Waals surface area contributed by atoms with Crippen LogP contribution in [0, 0.1) is 11.3 Å². The van der Waals surface area contributed by atoms with Crippen molar-refractivity contribution in [3.63, 3.8) is 0 Å². The van der Waals surface area contributed by atoms with Crippen molar-refractivity contribution in [1.29, 1.82) is 0 Å². The Morgan fingerprint density at radius 3 is 2.37 bits per heavy atom. The van der Waals surface area contributed by atoms with Crippen LogP contribution in [0.15, 0.2) is 17.3 Å². The van der Waals surface area contributed by atoms with E-state index in [4.69, 9.17) is 25.9 Å². The highest BCUT2D eigenvalue weighted by atomic mass is 35.5. The monoisotopic (exact) mass is 743 g/mol. The normalized spacial score (nSPS) is 22.9. The lowest BCUT2D eigenvalue weighted by molar-refractivity contribution is -0.145. The van der Waals surface area contributed by atoms with Gasteiger partial charge in [0.05, 0.1) is 32.5 Å². The molecule has 2 heterocycles. The summed E-state index contributed by atoms with van der Waals surface area (Å²) >= 11 is 6.42. The van der Waals surface area contributed by atoms with Crippen LogP contribution < -0.4 is 25.4 Å². The van der Waals surface area contributed by atoms with Gasteiger partial charge in [0, 0.05) is 42.0 Å². The number of ketones is 1. The van der Waals surface area contributed by atoms with Crippen molar-refractivity contribution in [2.45, 2.75) is 135 Å². The largest absolute Gasteiger partial charge is 0.493 e. The Hall–Kier alpha value is -3.87. The summed E-state index contributed by atoms with van der Waals surface area (Å²) in [5.74, 6) is -1.59. The number of nitrogens with zero attached hydrogens (tertiary/aromatic N) is 2. The molecule has 4 atom stereocenters. The molecule has 4 aliphatic rings. The van der Waals surface area contributed by atoms with Crippen molar-refractivity contribution in [3.05, 3.63) is 22.7 Å². The van der Waals surface area contributed by atoms with Gasteiger partial charge in [-0.3, -0.25) is 24.0 Å². The third-order valence-corrected chi connectivity index (χ3v) is 10.8. The molecule has 1 aromatic carbocycles. The predicted octanol–water partition coefficient (Wildman–Crippen LogP) is 4.46. The molecule has 2 saturated carbocycles. The first-order valence-corrected chi connectivity index (χ1v) is 19.0. The Balaban J connectivity index is 1.42. The fourth-order valence-electron chi connectivity index (χ4n) is 7.57. The fourth-order valence-corrected chi connectivity index (χ4v) is 7.78. The van der Waals surface area contributed by atoms with E-state index in [2.05, 4.69) is 21.1 Å². The number of carbonyl (C=O) groups excluding carboxylic acids is 5. The molecule has 52 heavy (non-hydrogen) atoms. The van der Waals surface area contributed by atoms with E-state index >= 15 is 0 Å². The fraction of sp³-hybridized carbons (Fsp3) is 0.684.